The Kier molecular flexibility index (Phi) is 6.50. The molecule has 8 heteroatoms. The Balaban J connectivity index is 1.68. The first-order valence-electron chi connectivity index (χ1n) is 9.07. The Morgan fingerprint density at radius 1 is 1.16 bits per heavy atom. The molecule has 0 aromatic heterocycles. The van der Waals surface area contributed by atoms with E-state index in [1.807, 2.05) is 30.6 Å². The SMILES string of the molecule is CC(C)(C)OC(=O)N1CCN(C(N)=NCCCN2CCCC2=O)CC1. The zero-order valence-corrected chi connectivity index (χ0v) is 15.7. The van der Waals surface area contributed by atoms with Crippen molar-refractivity contribution < 1.29 is 14.3 Å². The molecule has 0 unspecified atom stereocenters. The average Bonchev–Trinajstić information content (AvgIpc) is 2.95. The minimum atomic E-state index is -0.481. The number of ether oxygens (including phenoxy) is 1. The first kappa shape index (κ1) is 19.3. The lowest BCUT2D eigenvalue weighted by molar-refractivity contribution is -0.127. The maximum absolute atomic E-state index is 12.0. The standard InChI is InChI=1S/C17H31N5O3/c1-17(2,3)25-16(24)22-12-10-21(11-13-22)15(18)19-7-5-9-20-8-4-6-14(20)23/h4-13H2,1-3H3,(H2,18,19). The van der Waals surface area contributed by atoms with E-state index in [1.165, 1.54) is 0 Å². The van der Waals surface area contributed by atoms with Gasteiger partial charge in [-0.2, -0.15) is 0 Å². The van der Waals surface area contributed by atoms with Gasteiger partial charge in [-0.25, -0.2) is 4.79 Å². The van der Waals surface area contributed by atoms with Crippen LogP contribution in [0.25, 0.3) is 0 Å². The van der Waals surface area contributed by atoms with E-state index >= 15 is 0 Å². The van der Waals surface area contributed by atoms with Crippen molar-refractivity contribution in [1.82, 2.24) is 14.7 Å². The molecule has 2 saturated heterocycles. The second-order valence-corrected chi connectivity index (χ2v) is 7.53. The summed E-state index contributed by atoms with van der Waals surface area (Å²) in [5.41, 5.74) is 5.57. The van der Waals surface area contributed by atoms with Gasteiger partial charge in [-0.05, 0) is 33.6 Å². The van der Waals surface area contributed by atoms with Gasteiger partial charge in [-0.3, -0.25) is 9.79 Å². The number of carbonyl (C=O) groups is 2. The van der Waals surface area contributed by atoms with Crippen LogP contribution in [-0.4, -0.2) is 84.1 Å². The molecule has 2 amide bonds. The molecule has 0 aromatic carbocycles. The summed E-state index contributed by atoms with van der Waals surface area (Å²) in [7, 11) is 0. The molecule has 2 heterocycles. The third kappa shape index (κ3) is 6.10. The average molecular weight is 353 g/mol. The van der Waals surface area contributed by atoms with E-state index in [4.69, 9.17) is 10.5 Å². The van der Waals surface area contributed by atoms with Crippen LogP contribution in [0.3, 0.4) is 0 Å². The van der Waals surface area contributed by atoms with E-state index in [0.29, 0.717) is 45.1 Å². The van der Waals surface area contributed by atoms with Crippen LogP contribution in [0.5, 0.6) is 0 Å². The van der Waals surface area contributed by atoms with Gasteiger partial charge in [0.2, 0.25) is 5.91 Å². The molecule has 0 spiro atoms. The van der Waals surface area contributed by atoms with Crippen molar-refractivity contribution in [2.24, 2.45) is 10.7 Å². The van der Waals surface area contributed by atoms with E-state index in [0.717, 1.165) is 25.9 Å². The van der Waals surface area contributed by atoms with Crippen molar-refractivity contribution in [3.63, 3.8) is 0 Å². The Hall–Kier alpha value is -1.99. The fourth-order valence-corrected chi connectivity index (χ4v) is 2.94. The normalized spacial score (nSPS) is 19.6. The number of likely N-dealkylation sites (tertiary alicyclic amines) is 1. The van der Waals surface area contributed by atoms with Gasteiger partial charge in [0.15, 0.2) is 5.96 Å². The molecule has 0 bridgehead atoms. The van der Waals surface area contributed by atoms with Crippen molar-refractivity contribution in [1.29, 1.82) is 0 Å². The third-order valence-electron chi connectivity index (χ3n) is 4.29. The summed E-state index contributed by atoms with van der Waals surface area (Å²) in [5, 5.41) is 0. The lowest BCUT2D eigenvalue weighted by atomic mass is 10.2. The van der Waals surface area contributed by atoms with Gasteiger partial charge < -0.3 is 25.2 Å². The van der Waals surface area contributed by atoms with Crippen molar-refractivity contribution >= 4 is 18.0 Å². The molecule has 8 nitrogen and oxygen atoms in total. The summed E-state index contributed by atoms with van der Waals surface area (Å²) in [5.74, 6) is 0.756. The highest BCUT2D eigenvalue weighted by molar-refractivity contribution is 5.79. The highest BCUT2D eigenvalue weighted by atomic mass is 16.6. The fraction of sp³-hybridized carbons (Fsp3) is 0.824. The second-order valence-electron chi connectivity index (χ2n) is 7.53. The van der Waals surface area contributed by atoms with Gasteiger partial charge in [0.1, 0.15) is 5.60 Å². The summed E-state index contributed by atoms with van der Waals surface area (Å²) in [4.78, 5) is 33.6. The maximum Gasteiger partial charge on any atom is 0.410 e. The number of hydrogen-bond donors (Lipinski definition) is 1. The molecular weight excluding hydrogens is 322 g/mol. The molecule has 0 aliphatic carbocycles. The molecule has 142 valence electrons. The molecule has 2 N–H and O–H groups in total. The zero-order valence-electron chi connectivity index (χ0n) is 15.7. The number of guanidine groups is 1. The van der Waals surface area contributed by atoms with Gasteiger partial charge in [0.05, 0.1) is 0 Å². The number of aliphatic imine (C=N–C) groups is 1. The number of rotatable bonds is 4. The lowest BCUT2D eigenvalue weighted by Crippen LogP contribution is -2.53. The van der Waals surface area contributed by atoms with Crippen LogP contribution >= 0.6 is 0 Å². The van der Waals surface area contributed by atoms with Crippen molar-refractivity contribution in [2.75, 3.05) is 45.8 Å². The van der Waals surface area contributed by atoms with Gasteiger partial charge in [0, 0.05) is 52.2 Å². The summed E-state index contributed by atoms with van der Waals surface area (Å²) < 4.78 is 5.38. The molecule has 2 rings (SSSR count). The number of nitrogens with two attached hydrogens (primary N) is 1. The molecule has 2 aliphatic rings. The van der Waals surface area contributed by atoms with E-state index in [1.54, 1.807) is 4.90 Å². The quantitative estimate of drug-likeness (QED) is 0.460. The Bertz CT molecular complexity index is 507. The summed E-state index contributed by atoms with van der Waals surface area (Å²) in [6.07, 6.45) is 2.18. The smallest absolute Gasteiger partial charge is 0.410 e. The minimum Gasteiger partial charge on any atom is -0.444 e. The molecule has 0 atom stereocenters. The first-order chi connectivity index (χ1) is 11.8. The van der Waals surface area contributed by atoms with E-state index in [2.05, 4.69) is 4.99 Å². The number of amides is 2. The highest BCUT2D eigenvalue weighted by Gasteiger charge is 2.26. The van der Waals surface area contributed by atoms with Crippen LogP contribution in [0.2, 0.25) is 0 Å². The second kappa shape index (κ2) is 8.40. The first-order valence-corrected chi connectivity index (χ1v) is 9.07. The van der Waals surface area contributed by atoms with Gasteiger partial charge in [-0.1, -0.05) is 0 Å². The Labute approximate surface area is 150 Å². The van der Waals surface area contributed by atoms with Crippen LogP contribution in [0.15, 0.2) is 4.99 Å². The number of piperazine rings is 1. The molecular formula is C17H31N5O3. The monoisotopic (exact) mass is 353 g/mol. The largest absolute Gasteiger partial charge is 0.444 e. The highest BCUT2D eigenvalue weighted by Crippen LogP contribution is 2.12. The molecule has 0 aromatic rings. The predicted molar refractivity (Wildman–Crippen MR) is 96.3 cm³/mol. The topological polar surface area (TPSA) is 91.5 Å². The van der Waals surface area contributed by atoms with Gasteiger partial charge in [0.25, 0.3) is 0 Å². The Morgan fingerprint density at radius 3 is 2.36 bits per heavy atom. The number of nitrogens with zero attached hydrogens (tertiary/aromatic N) is 4. The third-order valence-corrected chi connectivity index (χ3v) is 4.29. The number of hydrogen-bond acceptors (Lipinski definition) is 4. The predicted octanol–water partition coefficient (Wildman–Crippen LogP) is 0.866. The zero-order chi connectivity index (χ0) is 18.4. The van der Waals surface area contributed by atoms with Crippen molar-refractivity contribution in [3.05, 3.63) is 0 Å². The van der Waals surface area contributed by atoms with Crippen LogP contribution < -0.4 is 5.73 Å². The number of carbonyl (C=O) groups excluding carboxylic acids is 2. The van der Waals surface area contributed by atoms with E-state index in [9.17, 15) is 9.59 Å². The van der Waals surface area contributed by atoms with Crippen LogP contribution in [0, 0.1) is 0 Å². The van der Waals surface area contributed by atoms with Crippen LogP contribution in [0.4, 0.5) is 4.79 Å². The lowest BCUT2D eigenvalue weighted by Gasteiger charge is -2.36. The fourth-order valence-electron chi connectivity index (χ4n) is 2.94. The van der Waals surface area contributed by atoms with Gasteiger partial charge >= 0.3 is 6.09 Å². The minimum absolute atomic E-state index is 0.246. The summed E-state index contributed by atoms with van der Waals surface area (Å²) in [6.45, 7) is 10.3. The molecule has 0 saturated carbocycles. The van der Waals surface area contributed by atoms with E-state index in [-0.39, 0.29) is 12.0 Å². The molecule has 25 heavy (non-hydrogen) atoms. The van der Waals surface area contributed by atoms with Crippen LogP contribution in [-0.2, 0) is 9.53 Å². The van der Waals surface area contributed by atoms with Crippen molar-refractivity contribution in [3.8, 4) is 0 Å². The van der Waals surface area contributed by atoms with E-state index < -0.39 is 5.60 Å². The molecule has 0 radical (unpaired) electrons. The van der Waals surface area contributed by atoms with Gasteiger partial charge in [-0.15, -0.1) is 0 Å². The summed E-state index contributed by atoms with van der Waals surface area (Å²) in [6, 6.07) is 0. The van der Waals surface area contributed by atoms with Crippen molar-refractivity contribution in [2.45, 2.75) is 45.6 Å². The summed E-state index contributed by atoms with van der Waals surface area (Å²) >= 11 is 0. The molecule has 2 aliphatic heterocycles. The Morgan fingerprint density at radius 2 is 1.80 bits per heavy atom. The molecule has 2 fully saturated rings. The maximum atomic E-state index is 12.0. The van der Waals surface area contributed by atoms with Crippen LogP contribution in [0.1, 0.15) is 40.0 Å².